The molecule has 2 rings (SSSR count). The molecule has 0 aliphatic heterocycles. The zero-order chi connectivity index (χ0) is 14.5. The fourth-order valence-corrected chi connectivity index (χ4v) is 3.28. The SMILES string of the molecule is CN(CC(O)c1ccccc1Cl)CC1CCCCC1O. The molecule has 0 heterocycles. The molecule has 1 saturated carbocycles. The van der Waals surface area contributed by atoms with E-state index in [-0.39, 0.29) is 6.10 Å². The standard InChI is InChI=1S/C16H24ClNO2/c1-18(10-12-6-2-5-9-15(12)19)11-16(20)13-7-3-4-8-14(13)17/h3-4,7-8,12,15-16,19-20H,2,5-6,9-11H2,1H3. The van der Waals surface area contributed by atoms with E-state index in [1.807, 2.05) is 25.2 Å². The summed E-state index contributed by atoms with van der Waals surface area (Å²) in [6, 6.07) is 7.40. The first kappa shape index (κ1) is 15.8. The van der Waals surface area contributed by atoms with Crippen molar-refractivity contribution < 1.29 is 10.2 Å². The Morgan fingerprint density at radius 2 is 2.00 bits per heavy atom. The summed E-state index contributed by atoms with van der Waals surface area (Å²) < 4.78 is 0. The summed E-state index contributed by atoms with van der Waals surface area (Å²) in [5.41, 5.74) is 0.769. The molecule has 1 aliphatic carbocycles. The van der Waals surface area contributed by atoms with Crippen LogP contribution in [-0.2, 0) is 0 Å². The highest BCUT2D eigenvalue weighted by molar-refractivity contribution is 6.31. The quantitative estimate of drug-likeness (QED) is 0.878. The Kier molecular flexibility index (Phi) is 5.85. The van der Waals surface area contributed by atoms with Crippen LogP contribution in [-0.4, -0.2) is 41.4 Å². The van der Waals surface area contributed by atoms with Gasteiger partial charge in [-0.25, -0.2) is 0 Å². The number of halogens is 1. The molecular formula is C16H24ClNO2. The minimum absolute atomic E-state index is 0.191. The Bertz CT molecular complexity index is 427. The predicted molar refractivity (Wildman–Crippen MR) is 81.9 cm³/mol. The van der Waals surface area contributed by atoms with E-state index >= 15 is 0 Å². The van der Waals surface area contributed by atoms with Crippen molar-refractivity contribution in [3.63, 3.8) is 0 Å². The van der Waals surface area contributed by atoms with E-state index in [1.165, 1.54) is 6.42 Å². The number of rotatable bonds is 5. The third-order valence-corrected chi connectivity index (χ3v) is 4.51. The van der Waals surface area contributed by atoms with Crippen molar-refractivity contribution in [1.82, 2.24) is 4.90 Å². The summed E-state index contributed by atoms with van der Waals surface area (Å²) in [4.78, 5) is 2.09. The average molecular weight is 298 g/mol. The highest BCUT2D eigenvalue weighted by atomic mass is 35.5. The molecule has 112 valence electrons. The zero-order valence-corrected chi connectivity index (χ0v) is 12.8. The molecule has 0 saturated heterocycles. The van der Waals surface area contributed by atoms with Crippen LogP contribution >= 0.6 is 11.6 Å². The Morgan fingerprint density at radius 1 is 1.30 bits per heavy atom. The molecule has 3 unspecified atom stereocenters. The first-order chi connectivity index (χ1) is 9.58. The molecule has 1 aliphatic rings. The number of nitrogens with zero attached hydrogens (tertiary/aromatic N) is 1. The van der Waals surface area contributed by atoms with Gasteiger partial charge in [0.15, 0.2) is 0 Å². The van der Waals surface area contributed by atoms with Crippen molar-refractivity contribution in [3.8, 4) is 0 Å². The molecule has 3 atom stereocenters. The molecule has 3 nitrogen and oxygen atoms in total. The summed E-state index contributed by atoms with van der Waals surface area (Å²) in [7, 11) is 1.99. The first-order valence-corrected chi connectivity index (χ1v) is 7.75. The van der Waals surface area contributed by atoms with Gasteiger partial charge < -0.3 is 15.1 Å². The lowest BCUT2D eigenvalue weighted by Crippen LogP contribution is -2.36. The van der Waals surface area contributed by atoms with Gasteiger partial charge in [-0.15, -0.1) is 0 Å². The highest BCUT2D eigenvalue weighted by Gasteiger charge is 2.25. The maximum absolute atomic E-state index is 10.3. The van der Waals surface area contributed by atoms with E-state index < -0.39 is 6.10 Å². The summed E-state index contributed by atoms with van der Waals surface area (Å²) in [6.07, 6.45) is 3.53. The van der Waals surface area contributed by atoms with E-state index in [1.54, 1.807) is 6.07 Å². The van der Waals surface area contributed by atoms with Gasteiger partial charge in [0.1, 0.15) is 0 Å². The van der Waals surface area contributed by atoms with Gasteiger partial charge in [0.25, 0.3) is 0 Å². The number of hydrogen-bond donors (Lipinski definition) is 2. The van der Waals surface area contributed by atoms with Crippen LogP contribution in [0.3, 0.4) is 0 Å². The molecule has 1 aromatic rings. The van der Waals surface area contributed by atoms with Gasteiger partial charge in [-0.1, -0.05) is 42.6 Å². The van der Waals surface area contributed by atoms with Gasteiger partial charge in [0, 0.05) is 23.7 Å². The van der Waals surface area contributed by atoms with Gasteiger partial charge in [0.05, 0.1) is 12.2 Å². The van der Waals surface area contributed by atoms with Crippen molar-refractivity contribution in [1.29, 1.82) is 0 Å². The maximum atomic E-state index is 10.3. The van der Waals surface area contributed by atoms with E-state index in [0.717, 1.165) is 31.4 Å². The second kappa shape index (κ2) is 7.41. The van der Waals surface area contributed by atoms with Gasteiger partial charge in [0.2, 0.25) is 0 Å². The Labute approximate surface area is 126 Å². The lowest BCUT2D eigenvalue weighted by molar-refractivity contribution is 0.0400. The smallest absolute Gasteiger partial charge is 0.0931 e. The molecule has 20 heavy (non-hydrogen) atoms. The minimum Gasteiger partial charge on any atom is -0.393 e. The molecule has 4 heteroatoms. The summed E-state index contributed by atoms with van der Waals surface area (Å²) >= 11 is 6.10. The summed E-state index contributed by atoms with van der Waals surface area (Å²) in [6.45, 7) is 1.36. The number of likely N-dealkylation sites (N-methyl/N-ethyl adjacent to an activating group) is 1. The van der Waals surface area contributed by atoms with E-state index in [9.17, 15) is 10.2 Å². The van der Waals surface area contributed by atoms with E-state index in [4.69, 9.17) is 11.6 Å². The highest BCUT2D eigenvalue weighted by Crippen LogP contribution is 2.26. The Balaban J connectivity index is 1.87. The van der Waals surface area contributed by atoms with Crippen LogP contribution in [0.25, 0.3) is 0 Å². The van der Waals surface area contributed by atoms with Crippen molar-refractivity contribution in [2.45, 2.75) is 37.9 Å². The largest absolute Gasteiger partial charge is 0.393 e. The average Bonchev–Trinajstić information content (AvgIpc) is 2.41. The van der Waals surface area contributed by atoms with Crippen LogP contribution in [0, 0.1) is 5.92 Å². The molecule has 1 fully saturated rings. The molecule has 0 amide bonds. The van der Waals surface area contributed by atoms with Crippen molar-refractivity contribution >= 4 is 11.6 Å². The fourth-order valence-electron chi connectivity index (χ4n) is 3.01. The van der Waals surface area contributed by atoms with Gasteiger partial charge >= 0.3 is 0 Å². The van der Waals surface area contributed by atoms with Crippen LogP contribution in [0.4, 0.5) is 0 Å². The minimum atomic E-state index is -0.588. The third-order valence-electron chi connectivity index (χ3n) is 4.16. The third kappa shape index (κ3) is 4.19. The van der Waals surface area contributed by atoms with Crippen molar-refractivity contribution in [2.75, 3.05) is 20.1 Å². The second-order valence-corrected chi connectivity index (χ2v) is 6.28. The van der Waals surface area contributed by atoms with Crippen molar-refractivity contribution in [2.24, 2.45) is 5.92 Å². The number of hydrogen-bond acceptors (Lipinski definition) is 3. The predicted octanol–water partition coefficient (Wildman–Crippen LogP) is 2.86. The maximum Gasteiger partial charge on any atom is 0.0931 e. The lowest BCUT2D eigenvalue weighted by atomic mass is 9.86. The van der Waals surface area contributed by atoms with Crippen LogP contribution < -0.4 is 0 Å². The first-order valence-electron chi connectivity index (χ1n) is 7.37. The van der Waals surface area contributed by atoms with E-state index in [2.05, 4.69) is 4.90 Å². The lowest BCUT2D eigenvalue weighted by Gasteiger charge is -2.32. The molecule has 0 radical (unpaired) electrons. The van der Waals surface area contributed by atoms with Crippen LogP contribution in [0.15, 0.2) is 24.3 Å². The van der Waals surface area contributed by atoms with Crippen LogP contribution in [0.1, 0.15) is 37.4 Å². The van der Waals surface area contributed by atoms with E-state index in [0.29, 0.717) is 17.5 Å². The summed E-state index contributed by atoms with van der Waals surface area (Å²) in [5.74, 6) is 0.326. The normalized spacial score (nSPS) is 24.9. The number of aliphatic hydroxyl groups is 2. The fraction of sp³-hybridized carbons (Fsp3) is 0.625. The molecule has 2 N–H and O–H groups in total. The van der Waals surface area contributed by atoms with Crippen LogP contribution in [0.5, 0.6) is 0 Å². The van der Waals surface area contributed by atoms with Gasteiger partial charge in [-0.3, -0.25) is 0 Å². The van der Waals surface area contributed by atoms with Gasteiger partial charge in [-0.2, -0.15) is 0 Å². The van der Waals surface area contributed by atoms with Gasteiger partial charge in [-0.05, 0) is 31.9 Å². The Morgan fingerprint density at radius 3 is 2.70 bits per heavy atom. The topological polar surface area (TPSA) is 43.7 Å². The second-order valence-electron chi connectivity index (χ2n) is 5.87. The van der Waals surface area contributed by atoms with Crippen LogP contribution in [0.2, 0.25) is 5.02 Å². The summed E-state index contributed by atoms with van der Waals surface area (Å²) in [5, 5.41) is 20.9. The number of benzene rings is 1. The molecule has 0 spiro atoms. The number of aliphatic hydroxyl groups excluding tert-OH is 2. The zero-order valence-electron chi connectivity index (χ0n) is 12.0. The molecule has 1 aromatic carbocycles. The molecular weight excluding hydrogens is 274 g/mol. The molecule has 0 aromatic heterocycles. The monoisotopic (exact) mass is 297 g/mol. The Hall–Kier alpha value is -0.610. The van der Waals surface area contributed by atoms with Crippen molar-refractivity contribution in [3.05, 3.63) is 34.9 Å². The molecule has 0 bridgehead atoms.